The van der Waals surface area contributed by atoms with Gasteiger partial charge in [0.15, 0.2) is 5.57 Å². The van der Waals surface area contributed by atoms with Crippen molar-refractivity contribution in [1.82, 2.24) is 0 Å². The Labute approximate surface area is 110 Å². The van der Waals surface area contributed by atoms with Crippen LogP contribution in [0.5, 0.6) is 0 Å². The number of anilines is 2. The van der Waals surface area contributed by atoms with Crippen LogP contribution in [-0.2, 0) is 4.79 Å². The van der Waals surface area contributed by atoms with E-state index in [4.69, 9.17) is 15.8 Å². The first-order chi connectivity index (χ1) is 9.12. The highest BCUT2D eigenvalue weighted by atomic mass is 16.1. The second kappa shape index (κ2) is 6.44. The van der Waals surface area contributed by atoms with Gasteiger partial charge in [-0.05, 0) is 12.1 Å². The van der Waals surface area contributed by atoms with Gasteiger partial charge in [-0.15, -0.1) is 0 Å². The molecule has 0 aliphatic rings. The zero-order valence-corrected chi connectivity index (χ0v) is 10.1. The smallest absolute Gasteiger partial charge is 0.221 e. The maximum absolute atomic E-state index is 11.0. The summed E-state index contributed by atoms with van der Waals surface area (Å²) in [5.74, 6) is -0.266. The van der Waals surface area contributed by atoms with E-state index >= 15 is 0 Å². The van der Waals surface area contributed by atoms with Crippen LogP contribution in [0.4, 0.5) is 11.4 Å². The van der Waals surface area contributed by atoms with Crippen LogP contribution in [0.1, 0.15) is 6.92 Å². The quantitative estimate of drug-likeness (QED) is 0.796. The van der Waals surface area contributed by atoms with Gasteiger partial charge in [0.05, 0.1) is 11.4 Å². The molecule has 0 aliphatic carbocycles. The van der Waals surface area contributed by atoms with Crippen molar-refractivity contribution in [3.05, 3.63) is 35.5 Å². The average molecular weight is 251 g/mol. The van der Waals surface area contributed by atoms with Crippen LogP contribution in [0.3, 0.4) is 0 Å². The summed E-state index contributed by atoms with van der Waals surface area (Å²) in [6.45, 7) is 1.35. The molecule has 0 fully saturated rings. The van der Waals surface area contributed by atoms with E-state index in [0.29, 0.717) is 11.4 Å². The molecule has 0 bridgehead atoms. The van der Waals surface area contributed by atoms with Crippen molar-refractivity contribution in [1.29, 1.82) is 15.8 Å². The molecule has 19 heavy (non-hydrogen) atoms. The summed E-state index contributed by atoms with van der Waals surface area (Å²) in [5.41, 5.74) is 0.401. The number of amides is 1. The number of allylic oxidation sites excluding steroid dienone is 2. The molecular formula is C13H9N5O. The fraction of sp³-hybridized carbons (Fsp3) is 0.0769. The van der Waals surface area contributed by atoms with Crippen molar-refractivity contribution in [2.75, 3.05) is 10.6 Å². The fourth-order valence-electron chi connectivity index (χ4n) is 1.31. The SMILES string of the molecule is CC(=O)Nc1ccccc1NC(C#N)=C(C#N)C#N. The number of benzene rings is 1. The third kappa shape index (κ3) is 3.59. The Bertz CT molecular complexity index is 639. The van der Waals surface area contributed by atoms with Crippen molar-refractivity contribution in [2.45, 2.75) is 6.92 Å². The number of nitriles is 3. The van der Waals surface area contributed by atoms with Gasteiger partial charge in [0.1, 0.15) is 23.9 Å². The summed E-state index contributed by atoms with van der Waals surface area (Å²) in [7, 11) is 0. The molecule has 0 heterocycles. The van der Waals surface area contributed by atoms with Gasteiger partial charge in [-0.2, -0.15) is 15.8 Å². The molecule has 0 saturated heterocycles. The Kier molecular flexibility index (Phi) is 4.66. The molecule has 92 valence electrons. The second-order valence-corrected chi connectivity index (χ2v) is 3.44. The van der Waals surface area contributed by atoms with E-state index in [1.807, 2.05) is 0 Å². The van der Waals surface area contributed by atoms with Crippen LogP contribution >= 0.6 is 0 Å². The molecule has 0 unspecified atom stereocenters. The fourth-order valence-corrected chi connectivity index (χ4v) is 1.31. The summed E-state index contributed by atoms with van der Waals surface area (Å²) in [6, 6.07) is 11.7. The highest BCUT2D eigenvalue weighted by Crippen LogP contribution is 2.23. The van der Waals surface area contributed by atoms with E-state index < -0.39 is 0 Å². The minimum absolute atomic E-state index is 0.164. The molecule has 0 atom stereocenters. The van der Waals surface area contributed by atoms with Gasteiger partial charge in [0.2, 0.25) is 5.91 Å². The Balaban J connectivity index is 3.17. The highest BCUT2D eigenvalue weighted by Gasteiger charge is 2.09. The normalized spacial score (nSPS) is 8.32. The molecule has 1 rings (SSSR count). The third-order valence-corrected chi connectivity index (χ3v) is 2.08. The molecule has 0 aliphatic heterocycles. The van der Waals surface area contributed by atoms with Gasteiger partial charge in [0, 0.05) is 6.92 Å². The zero-order valence-electron chi connectivity index (χ0n) is 10.1. The molecule has 6 heteroatoms. The molecule has 1 aromatic rings. The Morgan fingerprint density at radius 2 is 1.53 bits per heavy atom. The number of hydrogen-bond acceptors (Lipinski definition) is 5. The standard InChI is InChI=1S/C13H9N5O/c1-9(19)17-11-4-2-3-5-12(11)18-13(8-16)10(6-14)7-15/h2-5,18H,1H3,(H,17,19). The van der Waals surface area contributed by atoms with Gasteiger partial charge in [0.25, 0.3) is 0 Å². The minimum atomic E-state index is -0.319. The number of hydrogen-bond donors (Lipinski definition) is 2. The molecule has 2 N–H and O–H groups in total. The largest absolute Gasteiger partial charge is 0.343 e. The van der Waals surface area contributed by atoms with Crippen LogP contribution in [0.2, 0.25) is 0 Å². The summed E-state index contributed by atoms with van der Waals surface area (Å²) >= 11 is 0. The molecule has 6 nitrogen and oxygen atoms in total. The third-order valence-electron chi connectivity index (χ3n) is 2.08. The molecule has 1 amide bonds. The first-order valence-electron chi connectivity index (χ1n) is 5.20. The predicted molar refractivity (Wildman–Crippen MR) is 68.2 cm³/mol. The van der Waals surface area contributed by atoms with Gasteiger partial charge in [-0.3, -0.25) is 4.79 Å². The molecule has 0 saturated carbocycles. The lowest BCUT2D eigenvalue weighted by atomic mass is 10.2. The van der Waals surface area contributed by atoms with Crippen molar-refractivity contribution < 1.29 is 4.79 Å². The van der Waals surface area contributed by atoms with E-state index in [0.717, 1.165) is 0 Å². The summed E-state index contributed by atoms with van der Waals surface area (Å²) in [4.78, 5) is 11.0. The van der Waals surface area contributed by atoms with Crippen LogP contribution in [-0.4, -0.2) is 5.91 Å². The summed E-state index contributed by atoms with van der Waals surface area (Å²) < 4.78 is 0. The summed E-state index contributed by atoms with van der Waals surface area (Å²) in [6.07, 6.45) is 0. The van der Waals surface area contributed by atoms with Crippen molar-refractivity contribution in [3.8, 4) is 18.2 Å². The molecule has 0 radical (unpaired) electrons. The lowest BCUT2D eigenvalue weighted by molar-refractivity contribution is -0.114. The highest BCUT2D eigenvalue weighted by molar-refractivity contribution is 5.93. The predicted octanol–water partition coefficient (Wildman–Crippen LogP) is 1.88. The number of para-hydroxylation sites is 2. The van der Waals surface area contributed by atoms with Crippen molar-refractivity contribution in [3.63, 3.8) is 0 Å². The molecule has 0 spiro atoms. The van der Waals surface area contributed by atoms with Crippen LogP contribution in [0, 0.1) is 34.0 Å². The monoisotopic (exact) mass is 251 g/mol. The maximum Gasteiger partial charge on any atom is 0.221 e. The van der Waals surface area contributed by atoms with Gasteiger partial charge >= 0.3 is 0 Å². The van der Waals surface area contributed by atoms with E-state index in [1.165, 1.54) is 6.92 Å². The van der Waals surface area contributed by atoms with Gasteiger partial charge in [-0.25, -0.2) is 0 Å². The molecule has 1 aromatic carbocycles. The Hall–Kier alpha value is -3.30. The van der Waals surface area contributed by atoms with E-state index in [1.54, 1.807) is 42.5 Å². The topological polar surface area (TPSA) is 112 Å². The van der Waals surface area contributed by atoms with Gasteiger partial charge in [-0.1, -0.05) is 12.1 Å². The van der Waals surface area contributed by atoms with E-state index in [9.17, 15) is 4.79 Å². The van der Waals surface area contributed by atoms with E-state index in [2.05, 4.69) is 10.6 Å². The molecule has 0 aromatic heterocycles. The van der Waals surface area contributed by atoms with Crippen LogP contribution < -0.4 is 10.6 Å². The first-order valence-corrected chi connectivity index (χ1v) is 5.20. The Morgan fingerprint density at radius 3 is 1.95 bits per heavy atom. The number of nitrogens with zero attached hydrogens (tertiary/aromatic N) is 3. The molecular weight excluding hydrogens is 242 g/mol. The lowest BCUT2D eigenvalue weighted by Crippen LogP contribution is -2.09. The minimum Gasteiger partial charge on any atom is -0.343 e. The average Bonchev–Trinajstić information content (AvgIpc) is 2.40. The van der Waals surface area contributed by atoms with Crippen LogP contribution in [0.25, 0.3) is 0 Å². The number of carbonyl (C=O) groups excluding carboxylic acids is 1. The lowest BCUT2D eigenvalue weighted by Gasteiger charge is -2.11. The zero-order chi connectivity index (χ0) is 14.3. The number of carbonyl (C=O) groups is 1. The summed E-state index contributed by atoms with van der Waals surface area (Å²) in [5, 5.41) is 31.6. The first kappa shape index (κ1) is 13.8. The van der Waals surface area contributed by atoms with Crippen LogP contribution in [0.15, 0.2) is 35.5 Å². The van der Waals surface area contributed by atoms with Gasteiger partial charge < -0.3 is 10.6 Å². The second-order valence-electron chi connectivity index (χ2n) is 3.44. The number of nitrogens with one attached hydrogen (secondary N) is 2. The maximum atomic E-state index is 11.0. The Morgan fingerprint density at radius 1 is 1.00 bits per heavy atom. The van der Waals surface area contributed by atoms with E-state index in [-0.39, 0.29) is 17.2 Å². The number of rotatable bonds is 3. The van der Waals surface area contributed by atoms with Crippen molar-refractivity contribution in [2.24, 2.45) is 0 Å². The van der Waals surface area contributed by atoms with Crippen molar-refractivity contribution >= 4 is 17.3 Å².